The first-order chi connectivity index (χ1) is 31.6. The Morgan fingerprint density at radius 2 is 1.34 bits per heavy atom. The van der Waals surface area contributed by atoms with Crippen LogP contribution in [0.25, 0.3) is 88.3 Å². The van der Waals surface area contributed by atoms with Gasteiger partial charge in [0.05, 0.1) is 0 Å². The smallest absolute Gasteiger partial charge is 0.143 e. The molecule has 2 aliphatic carbocycles. The maximum atomic E-state index is 7.10. The number of benzene rings is 7. The summed E-state index contributed by atoms with van der Waals surface area (Å²) < 4.78 is 14.1. The Balaban J connectivity index is 0.904. The van der Waals surface area contributed by atoms with Crippen LogP contribution < -0.4 is 4.74 Å². The van der Waals surface area contributed by atoms with Gasteiger partial charge in [0.15, 0.2) is 0 Å². The van der Waals surface area contributed by atoms with Crippen molar-refractivity contribution < 1.29 is 9.15 Å². The van der Waals surface area contributed by atoms with Gasteiger partial charge in [0, 0.05) is 60.8 Å². The van der Waals surface area contributed by atoms with Crippen molar-refractivity contribution in [3.05, 3.63) is 222 Å². The maximum absolute atomic E-state index is 7.10. The van der Waals surface area contributed by atoms with Crippen molar-refractivity contribution in [2.24, 2.45) is 0 Å². The van der Waals surface area contributed by atoms with Gasteiger partial charge >= 0.3 is 0 Å². The number of furan rings is 1. The summed E-state index contributed by atoms with van der Waals surface area (Å²) in [5, 5.41) is 4.61. The van der Waals surface area contributed by atoms with Gasteiger partial charge in [-0.2, -0.15) is 0 Å². The van der Waals surface area contributed by atoms with E-state index in [2.05, 4.69) is 213 Å². The second kappa shape index (κ2) is 15.6. The lowest BCUT2D eigenvalue weighted by Crippen LogP contribution is -2.24. The van der Waals surface area contributed by atoms with Crippen LogP contribution in [0.15, 0.2) is 210 Å². The molecule has 64 heavy (non-hydrogen) atoms. The predicted molar refractivity (Wildman–Crippen MR) is 269 cm³/mol. The Morgan fingerprint density at radius 3 is 2.08 bits per heavy atom. The van der Waals surface area contributed by atoms with E-state index in [1.807, 2.05) is 0 Å². The van der Waals surface area contributed by atoms with Gasteiger partial charge in [-0.1, -0.05) is 171 Å². The number of rotatable bonds is 8. The van der Waals surface area contributed by atoms with Crippen molar-refractivity contribution in [3.63, 3.8) is 0 Å². The summed E-state index contributed by atoms with van der Waals surface area (Å²) in [7, 11) is 0. The number of ether oxygens (including phenoxy) is 1. The molecular weight excluding hydrogens is 779 g/mol. The van der Waals surface area contributed by atoms with Crippen LogP contribution in [0.5, 0.6) is 5.75 Å². The molecule has 2 aromatic heterocycles. The van der Waals surface area contributed by atoms with E-state index in [4.69, 9.17) is 9.15 Å². The van der Waals surface area contributed by atoms with E-state index >= 15 is 0 Å². The van der Waals surface area contributed by atoms with Crippen molar-refractivity contribution >= 4 is 54.9 Å². The number of hydrogen-bond donors (Lipinski definition) is 1. The van der Waals surface area contributed by atoms with Crippen molar-refractivity contribution in [1.29, 1.82) is 0 Å². The molecule has 3 heterocycles. The van der Waals surface area contributed by atoms with Gasteiger partial charge < -0.3 is 14.1 Å². The number of aromatic nitrogens is 1. The molecular formula is C61H47NO2. The molecule has 3 aliphatic rings. The SMILES string of the molecule is C/C=C\C=C(/CC)c1cccc(-c2cccc3c2oc2c(-c4ccc5[nH]c6ccc(-c7cccc8c7OC7C(C9=CC(c%10ccccc%10)=CCC9)=CC=CC87)cc6c5c4)cccc23)c1. The summed E-state index contributed by atoms with van der Waals surface area (Å²) in [6.07, 6.45) is 20.9. The minimum Gasteiger partial charge on any atom is -0.484 e. The minimum atomic E-state index is -0.0524. The van der Waals surface area contributed by atoms with Crippen LogP contribution in [0.2, 0.25) is 0 Å². The third kappa shape index (κ3) is 6.34. The first-order valence-electron chi connectivity index (χ1n) is 22.7. The topological polar surface area (TPSA) is 38.2 Å². The lowest BCUT2D eigenvalue weighted by atomic mass is 9.80. The number of para-hydroxylation sites is 3. The molecule has 308 valence electrons. The van der Waals surface area contributed by atoms with Crippen LogP contribution in [0.4, 0.5) is 0 Å². The first kappa shape index (κ1) is 38.1. The molecule has 0 saturated carbocycles. The third-order valence-electron chi connectivity index (χ3n) is 13.6. The zero-order chi connectivity index (χ0) is 42.7. The highest BCUT2D eigenvalue weighted by Gasteiger charge is 2.39. The third-order valence-corrected chi connectivity index (χ3v) is 13.6. The zero-order valence-corrected chi connectivity index (χ0v) is 36.1. The molecule has 0 fully saturated rings. The van der Waals surface area contributed by atoms with E-state index in [-0.39, 0.29) is 12.0 Å². The van der Waals surface area contributed by atoms with E-state index in [1.165, 1.54) is 49.8 Å². The summed E-state index contributed by atoms with van der Waals surface area (Å²) in [6, 6.07) is 52.8. The summed E-state index contributed by atoms with van der Waals surface area (Å²) in [4.78, 5) is 3.71. The molecule has 0 amide bonds. The number of hydrogen-bond acceptors (Lipinski definition) is 2. The standard InChI is InChI=1S/C61H47NO2/c1-3-5-15-38(4-2)40-18-9-20-42(34-40)46-22-11-26-50-52-28-13-24-48(60(52)63-58(46)50)44-30-32-56-54(36-44)55-37-45(31-33-57(55)62-56)49-25-14-29-53-51-27-12-23-47(59(51)64-61(49)53)43-21-10-19-41(35-43)39-16-7-6-8-17-39/h3,5-9,11-20,22-37,51,59,62H,4,10,21H2,1-2H3/b5-3-,38-15+. The fourth-order valence-electron chi connectivity index (χ4n) is 10.5. The molecule has 7 aromatic carbocycles. The number of fused-ring (bicyclic) bond motifs is 9. The normalized spacial score (nSPS) is 17.2. The molecule has 9 aromatic rings. The molecule has 3 nitrogen and oxygen atoms in total. The molecule has 0 bridgehead atoms. The van der Waals surface area contributed by atoms with E-state index in [0.29, 0.717) is 0 Å². The van der Waals surface area contributed by atoms with Crippen LogP contribution >= 0.6 is 0 Å². The number of aromatic amines is 1. The fraction of sp³-hybridized carbons (Fsp3) is 0.115. The summed E-state index contributed by atoms with van der Waals surface area (Å²) in [5.74, 6) is 1.16. The highest BCUT2D eigenvalue weighted by atomic mass is 16.5. The molecule has 0 radical (unpaired) electrons. The van der Waals surface area contributed by atoms with Crippen LogP contribution in [0.3, 0.4) is 0 Å². The molecule has 2 atom stereocenters. The van der Waals surface area contributed by atoms with Gasteiger partial charge in [-0.05, 0) is 107 Å². The molecule has 1 N–H and O–H groups in total. The van der Waals surface area contributed by atoms with Gasteiger partial charge in [-0.3, -0.25) is 0 Å². The Hall–Kier alpha value is -7.62. The van der Waals surface area contributed by atoms with E-state index in [9.17, 15) is 0 Å². The van der Waals surface area contributed by atoms with Crippen molar-refractivity contribution in [3.8, 4) is 39.1 Å². The average Bonchev–Trinajstić information content (AvgIpc) is 4.06. The summed E-state index contributed by atoms with van der Waals surface area (Å²) in [5.41, 5.74) is 19.8. The van der Waals surface area contributed by atoms with Gasteiger partial charge in [-0.25, -0.2) is 0 Å². The van der Waals surface area contributed by atoms with Crippen LogP contribution in [0, 0.1) is 0 Å². The van der Waals surface area contributed by atoms with Crippen molar-refractivity contribution in [2.75, 3.05) is 0 Å². The van der Waals surface area contributed by atoms with E-state index < -0.39 is 0 Å². The Morgan fingerprint density at radius 1 is 0.672 bits per heavy atom. The predicted octanol–water partition coefficient (Wildman–Crippen LogP) is 16.7. The van der Waals surface area contributed by atoms with Crippen molar-refractivity contribution in [2.45, 2.75) is 45.1 Å². The number of nitrogens with one attached hydrogen (secondary N) is 1. The maximum Gasteiger partial charge on any atom is 0.143 e. The van der Waals surface area contributed by atoms with Gasteiger partial charge in [-0.15, -0.1) is 0 Å². The quantitative estimate of drug-likeness (QED) is 0.155. The fourth-order valence-corrected chi connectivity index (χ4v) is 10.5. The second-order valence-electron chi connectivity index (χ2n) is 17.3. The lowest BCUT2D eigenvalue weighted by molar-refractivity contribution is 0.258. The van der Waals surface area contributed by atoms with Crippen LogP contribution in [0.1, 0.15) is 55.7 Å². The Labute approximate surface area is 373 Å². The van der Waals surface area contributed by atoms with E-state index in [1.54, 1.807) is 0 Å². The molecule has 0 spiro atoms. The monoisotopic (exact) mass is 825 g/mol. The van der Waals surface area contributed by atoms with Crippen molar-refractivity contribution in [1.82, 2.24) is 4.98 Å². The summed E-state index contributed by atoms with van der Waals surface area (Å²) in [6.45, 7) is 4.27. The van der Waals surface area contributed by atoms with E-state index in [0.717, 1.165) is 91.4 Å². The molecule has 1 aliphatic heterocycles. The summed E-state index contributed by atoms with van der Waals surface area (Å²) >= 11 is 0. The second-order valence-corrected chi connectivity index (χ2v) is 17.3. The van der Waals surface area contributed by atoms with Crippen LogP contribution in [-0.2, 0) is 0 Å². The Bertz CT molecular complexity index is 3530. The molecule has 2 unspecified atom stereocenters. The van der Waals surface area contributed by atoms with Gasteiger partial charge in [0.25, 0.3) is 0 Å². The lowest BCUT2D eigenvalue weighted by Gasteiger charge is -2.26. The minimum absolute atomic E-state index is 0.0524. The first-order valence-corrected chi connectivity index (χ1v) is 22.7. The Kier molecular flexibility index (Phi) is 9.30. The van der Waals surface area contributed by atoms with Gasteiger partial charge in [0.1, 0.15) is 23.0 Å². The molecule has 0 saturated heterocycles. The highest BCUT2D eigenvalue weighted by molar-refractivity contribution is 6.15. The largest absolute Gasteiger partial charge is 0.484 e. The average molecular weight is 826 g/mol. The molecule has 12 rings (SSSR count). The highest BCUT2D eigenvalue weighted by Crippen LogP contribution is 2.51. The molecule has 3 heteroatoms. The van der Waals surface area contributed by atoms with Crippen LogP contribution in [-0.4, -0.2) is 11.1 Å². The van der Waals surface area contributed by atoms with Gasteiger partial charge in [0.2, 0.25) is 0 Å². The number of H-pyrrole nitrogens is 1. The zero-order valence-electron chi connectivity index (χ0n) is 36.1. The number of allylic oxidation sites excluding steroid dienone is 9.